The van der Waals surface area contributed by atoms with Gasteiger partial charge in [0.1, 0.15) is 13.2 Å². The summed E-state index contributed by atoms with van der Waals surface area (Å²) < 4.78 is 4.74. The number of morpholine rings is 1. The molecule has 0 spiro atoms. The minimum Gasteiger partial charge on any atom is -0.481 e. The van der Waals surface area contributed by atoms with Gasteiger partial charge in [-0.1, -0.05) is 6.92 Å². The molecule has 1 unspecified atom stereocenters. The van der Waals surface area contributed by atoms with E-state index in [1.54, 1.807) is 6.92 Å². The lowest BCUT2D eigenvalue weighted by Gasteiger charge is -2.32. The molecule has 0 aromatic carbocycles. The van der Waals surface area contributed by atoms with Gasteiger partial charge < -0.3 is 9.84 Å². The number of hydrogen-bond donors (Lipinski definition) is 1. The van der Waals surface area contributed by atoms with Crippen molar-refractivity contribution in [2.24, 2.45) is 5.41 Å². The molecule has 0 bridgehead atoms. The first-order valence-electron chi connectivity index (χ1n) is 5.05. The van der Waals surface area contributed by atoms with E-state index in [1.807, 2.05) is 0 Å². The number of amides is 2. The Morgan fingerprint density at radius 2 is 1.94 bits per heavy atom. The Bertz CT molecular complexity index is 311. The molecule has 0 aromatic rings. The highest BCUT2D eigenvalue weighted by Gasteiger charge is 2.38. The first-order valence-corrected chi connectivity index (χ1v) is 5.05. The SMILES string of the molecule is CCC(C)(CN1C(=O)COCC1=O)C(=O)O. The summed E-state index contributed by atoms with van der Waals surface area (Å²) in [5, 5.41) is 9.06. The lowest BCUT2D eigenvalue weighted by molar-refractivity contribution is -0.163. The molecule has 1 aliphatic rings. The molecule has 1 atom stereocenters. The Labute approximate surface area is 93.2 Å². The topological polar surface area (TPSA) is 83.9 Å². The van der Waals surface area contributed by atoms with Crippen molar-refractivity contribution < 1.29 is 24.2 Å². The largest absolute Gasteiger partial charge is 0.481 e. The molecule has 2 amide bonds. The van der Waals surface area contributed by atoms with Gasteiger partial charge in [-0.25, -0.2) is 0 Å². The quantitative estimate of drug-likeness (QED) is 0.679. The third-order valence-electron chi connectivity index (χ3n) is 2.86. The zero-order valence-electron chi connectivity index (χ0n) is 9.36. The van der Waals surface area contributed by atoms with Crippen LogP contribution in [-0.2, 0) is 19.1 Å². The molecule has 0 saturated carbocycles. The minimum absolute atomic E-state index is 0.0974. The smallest absolute Gasteiger partial charge is 0.311 e. The number of carboxylic acids is 1. The second-order valence-electron chi connectivity index (χ2n) is 4.09. The van der Waals surface area contributed by atoms with E-state index in [0.717, 1.165) is 4.90 Å². The molecule has 1 heterocycles. The lowest BCUT2D eigenvalue weighted by Crippen LogP contribution is -2.52. The van der Waals surface area contributed by atoms with Crippen LogP contribution in [0, 0.1) is 5.41 Å². The van der Waals surface area contributed by atoms with Gasteiger partial charge in [-0.05, 0) is 13.3 Å². The number of hydrogen-bond acceptors (Lipinski definition) is 4. The van der Waals surface area contributed by atoms with Gasteiger partial charge in [0.05, 0.1) is 5.41 Å². The molecule has 90 valence electrons. The van der Waals surface area contributed by atoms with E-state index < -0.39 is 23.2 Å². The maximum atomic E-state index is 11.4. The van der Waals surface area contributed by atoms with E-state index in [2.05, 4.69) is 0 Å². The summed E-state index contributed by atoms with van der Waals surface area (Å²) in [6, 6.07) is 0. The number of rotatable bonds is 4. The van der Waals surface area contributed by atoms with Crippen LogP contribution < -0.4 is 0 Å². The van der Waals surface area contributed by atoms with E-state index in [0.29, 0.717) is 6.42 Å². The summed E-state index contributed by atoms with van der Waals surface area (Å²) in [7, 11) is 0. The fourth-order valence-corrected chi connectivity index (χ4v) is 1.38. The molecular weight excluding hydrogens is 214 g/mol. The van der Waals surface area contributed by atoms with Gasteiger partial charge in [-0.2, -0.15) is 0 Å². The van der Waals surface area contributed by atoms with Crippen molar-refractivity contribution >= 4 is 17.8 Å². The van der Waals surface area contributed by atoms with Crippen LogP contribution in [0.3, 0.4) is 0 Å². The normalized spacial score (nSPS) is 20.8. The highest BCUT2D eigenvalue weighted by Crippen LogP contribution is 2.23. The van der Waals surface area contributed by atoms with Crippen molar-refractivity contribution in [3.8, 4) is 0 Å². The van der Waals surface area contributed by atoms with E-state index in [-0.39, 0.29) is 19.8 Å². The van der Waals surface area contributed by atoms with Gasteiger partial charge in [-0.15, -0.1) is 0 Å². The third-order valence-corrected chi connectivity index (χ3v) is 2.86. The summed E-state index contributed by atoms with van der Waals surface area (Å²) in [5.41, 5.74) is -1.09. The fourth-order valence-electron chi connectivity index (χ4n) is 1.38. The lowest BCUT2D eigenvalue weighted by atomic mass is 9.87. The molecule has 16 heavy (non-hydrogen) atoms. The molecule has 1 saturated heterocycles. The number of carbonyl (C=O) groups is 3. The first kappa shape index (κ1) is 12.6. The highest BCUT2D eigenvalue weighted by atomic mass is 16.5. The first-order chi connectivity index (χ1) is 7.40. The maximum absolute atomic E-state index is 11.4. The summed E-state index contributed by atoms with van der Waals surface area (Å²) in [6.45, 7) is 2.81. The summed E-state index contributed by atoms with van der Waals surface area (Å²) >= 11 is 0. The average molecular weight is 229 g/mol. The fraction of sp³-hybridized carbons (Fsp3) is 0.700. The molecule has 6 heteroatoms. The van der Waals surface area contributed by atoms with Crippen molar-refractivity contribution in [2.75, 3.05) is 19.8 Å². The number of carboxylic acid groups (broad SMARTS) is 1. The van der Waals surface area contributed by atoms with Gasteiger partial charge in [0, 0.05) is 6.54 Å². The van der Waals surface area contributed by atoms with Gasteiger partial charge in [-0.3, -0.25) is 19.3 Å². The molecule has 1 N–H and O–H groups in total. The van der Waals surface area contributed by atoms with Crippen LogP contribution in [0.1, 0.15) is 20.3 Å². The van der Waals surface area contributed by atoms with Crippen LogP contribution in [-0.4, -0.2) is 47.5 Å². The standard InChI is InChI=1S/C10H15NO5/c1-3-10(2,9(14)15)6-11-7(12)4-16-5-8(11)13/h3-6H2,1-2H3,(H,14,15). The van der Waals surface area contributed by atoms with Crippen molar-refractivity contribution in [1.82, 2.24) is 4.90 Å². The van der Waals surface area contributed by atoms with Crippen LogP contribution in [0.4, 0.5) is 0 Å². The van der Waals surface area contributed by atoms with E-state index in [9.17, 15) is 14.4 Å². The van der Waals surface area contributed by atoms with Crippen molar-refractivity contribution in [3.05, 3.63) is 0 Å². The predicted octanol–water partition coefficient (Wildman–Crippen LogP) is -0.127. The second kappa shape index (κ2) is 4.61. The summed E-state index contributed by atoms with van der Waals surface area (Å²) in [6.07, 6.45) is 0.347. The second-order valence-corrected chi connectivity index (χ2v) is 4.09. The van der Waals surface area contributed by atoms with E-state index >= 15 is 0 Å². The third kappa shape index (κ3) is 2.38. The van der Waals surface area contributed by atoms with Crippen molar-refractivity contribution in [1.29, 1.82) is 0 Å². The molecule has 1 fully saturated rings. The van der Waals surface area contributed by atoms with Crippen LogP contribution in [0.2, 0.25) is 0 Å². The zero-order valence-corrected chi connectivity index (χ0v) is 9.36. The Balaban J connectivity index is 2.81. The number of ether oxygens (including phenoxy) is 1. The Morgan fingerprint density at radius 3 is 2.31 bits per heavy atom. The van der Waals surface area contributed by atoms with Gasteiger partial charge >= 0.3 is 5.97 Å². The molecule has 0 radical (unpaired) electrons. The van der Waals surface area contributed by atoms with Gasteiger partial charge in [0.2, 0.25) is 0 Å². The van der Waals surface area contributed by atoms with Gasteiger partial charge in [0.25, 0.3) is 11.8 Å². The predicted molar refractivity (Wildman–Crippen MR) is 53.6 cm³/mol. The highest BCUT2D eigenvalue weighted by molar-refractivity contribution is 5.98. The zero-order chi connectivity index (χ0) is 12.3. The molecule has 1 aliphatic heterocycles. The maximum Gasteiger partial charge on any atom is 0.311 e. The molecule has 0 aromatic heterocycles. The van der Waals surface area contributed by atoms with Crippen LogP contribution in [0.15, 0.2) is 0 Å². The average Bonchev–Trinajstić information content (AvgIpc) is 2.23. The van der Waals surface area contributed by atoms with Gasteiger partial charge in [0.15, 0.2) is 0 Å². The minimum atomic E-state index is -1.09. The Kier molecular flexibility index (Phi) is 3.64. The number of aliphatic carboxylic acids is 1. The molecule has 6 nitrogen and oxygen atoms in total. The van der Waals surface area contributed by atoms with Crippen molar-refractivity contribution in [3.63, 3.8) is 0 Å². The van der Waals surface area contributed by atoms with Crippen molar-refractivity contribution in [2.45, 2.75) is 20.3 Å². The Hall–Kier alpha value is -1.43. The van der Waals surface area contributed by atoms with Crippen LogP contribution in [0.5, 0.6) is 0 Å². The number of carbonyl (C=O) groups excluding carboxylic acids is 2. The van der Waals surface area contributed by atoms with E-state index in [1.165, 1.54) is 6.92 Å². The molecule has 0 aliphatic carbocycles. The number of nitrogens with zero attached hydrogens (tertiary/aromatic N) is 1. The Morgan fingerprint density at radius 1 is 1.44 bits per heavy atom. The van der Waals surface area contributed by atoms with Crippen LogP contribution in [0.25, 0.3) is 0 Å². The monoisotopic (exact) mass is 229 g/mol. The summed E-state index contributed by atoms with van der Waals surface area (Å²) in [5.74, 6) is -1.96. The summed E-state index contributed by atoms with van der Waals surface area (Å²) in [4.78, 5) is 34.8. The molecular formula is C10H15NO5. The van der Waals surface area contributed by atoms with E-state index in [4.69, 9.17) is 9.84 Å². The molecule has 1 rings (SSSR count). The number of imide groups is 1. The van der Waals surface area contributed by atoms with Crippen LogP contribution >= 0.6 is 0 Å².